The van der Waals surface area contributed by atoms with E-state index in [2.05, 4.69) is 4.74 Å². The van der Waals surface area contributed by atoms with E-state index in [1.807, 2.05) is 4.72 Å². The van der Waals surface area contributed by atoms with Crippen LogP contribution in [-0.2, 0) is 14.9 Å². The molecule has 0 radical (unpaired) electrons. The molecule has 0 heterocycles. The SMILES string of the molecule is CC(C)OC(=O)NS(=O)(=O)NCC(N)C(C)O. The van der Waals surface area contributed by atoms with Gasteiger partial charge in [0.15, 0.2) is 0 Å². The Morgan fingerprint density at radius 3 is 2.35 bits per heavy atom. The van der Waals surface area contributed by atoms with Gasteiger partial charge in [-0.15, -0.1) is 0 Å². The van der Waals surface area contributed by atoms with Gasteiger partial charge in [0.2, 0.25) is 0 Å². The van der Waals surface area contributed by atoms with E-state index >= 15 is 0 Å². The van der Waals surface area contributed by atoms with Crippen LogP contribution < -0.4 is 15.2 Å². The highest BCUT2D eigenvalue weighted by Crippen LogP contribution is 1.91. The first-order chi connectivity index (χ1) is 7.64. The van der Waals surface area contributed by atoms with E-state index in [1.54, 1.807) is 18.6 Å². The molecule has 5 N–H and O–H groups in total. The van der Waals surface area contributed by atoms with Gasteiger partial charge < -0.3 is 15.6 Å². The minimum Gasteiger partial charge on any atom is -0.446 e. The second-order valence-corrected chi connectivity index (χ2v) is 5.31. The summed E-state index contributed by atoms with van der Waals surface area (Å²) in [5.41, 5.74) is 5.41. The normalized spacial score (nSPS) is 15.4. The number of carbonyl (C=O) groups is 1. The average Bonchev–Trinajstić information content (AvgIpc) is 2.11. The molecule has 1 amide bonds. The van der Waals surface area contributed by atoms with Crippen molar-refractivity contribution >= 4 is 16.3 Å². The molecule has 2 unspecified atom stereocenters. The number of nitrogens with one attached hydrogen (secondary N) is 2. The maximum absolute atomic E-state index is 11.3. The molecular weight excluding hydrogens is 250 g/mol. The van der Waals surface area contributed by atoms with E-state index in [0.29, 0.717) is 0 Å². The molecule has 0 aliphatic heterocycles. The lowest BCUT2D eigenvalue weighted by Crippen LogP contribution is -2.48. The first-order valence-corrected chi connectivity index (χ1v) is 6.54. The van der Waals surface area contributed by atoms with Crippen molar-refractivity contribution in [3.05, 3.63) is 0 Å². The zero-order chi connectivity index (χ0) is 13.6. The van der Waals surface area contributed by atoms with Gasteiger partial charge in [-0.2, -0.15) is 13.1 Å². The van der Waals surface area contributed by atoms with E-state index in [1.165, 1.54) is 6.92 Å². The maximum atomic E-state index is 11.3. The number of ether oxygens (including phenoxy) is 1. The number of hydrogen-bond acceptors (Lipinski definition) is 6. The average molecular weight is 269 g/mol. The Bertz CT molecular complexity index is 341. The number of hydrogen-bond donors (Lipinski definition) is 4. The van der Waals surface area contributed by atoms with Crippen molar-refractivity contribution in [3.63, 3.8) is 0 Å². The Hall–Kier alpha value is -0.900. The molecule has 0 aromatic carbocycles. The van der Waals surface area contributed by atoms with Crippen molar-refractivity contribution in [2.24, 2.45) is 5.73 Å². The molecule has 0 spiro atoms. The molecular formula is C8H19N3O5S. The molecule has 0 aliphatic carbocycles. The van der Waals surface area contributed by atoms with Crippen LogP contribution in [0.1, 0.15) is 20.8 Å². The number of aliphatic hydroxyl groups excluding tert-OH is 1. The third kappa shape index (κ3) is 7.91. The first kappa shape index (κ1) is 16.1. The summed E-state index contributed by atoms with van der Waals surface area (Å²) in [5.74, 6) is 0. The minimum atomic E-state index is -4.02. The molecule has 0 aromatic rings. The molecule has 0 aromatic heterocycles. The van der Waals surface area contributed by atoms with Crippen LogP contribution in [-0.4, -0.2) is 44.4 Å². The van der Waals surface area contributed by atoms with Crippen molar-refractivity contribution in [3.8, 4) is 0 Å². The van der Waals surface area contributed by atoms with Gasteiger partial charge in [0, 0.05) is 12.6 Å². The molecule has 0 rings (SSSR count). The molecule has 0 bridgehead atoms. The third-order valence-corrected chi connectivity index (χ3v) is 2.67. The van der Waals surface area contributed by atoms with E-state index in [-0.39, 0.29) is 6.54 Å². The van der Waals surface area contributed by atoms with Gasteiger partial charge in [0.05, 0.1) is 12.2 Å². The summed E-state index contributed by atoms with van der Waals surface area (Å²) in [6, 6.07) is -0.757. The van der Waals surface area contributed by atoms with E-state index in [0.717, 1.165) is 0 Å². The monoisotopic (exact) mass is 269 g/mol. The highest BCUT2D eigenvalue weighted by atomic mass is 32.2. The Kier molecular flexibility index (Phi) is 6.39. The highest BCUT2D eigenvalue weighted by Gasteiger charge is 2.18. The summed E-state index contributed by atoms with van der Waals surface area (Å²) in [6.45, 7) is 4.41. The van der Waals surface area contributed by atoms with Crippen LogP contribution in [0, 0.1) is 0 Å². The number of rotatable bonds is 6. The van der Waals surface area contributed by atoms with Gasteiger partial charge in [-0.05, 0) is 20.8 Å². The molecule has 17 heavy (non-hydrogen) atoms. The van der Waals surface area contributed by atoms with Crippen molar-refractivity contribution < 1.29 is 23.1 Å². The lowest BCUT2D eigenvalue weighted by molar-refractivity contribution is 0.121. The number of nitrogens with two attached hydrogens (primary N) is 1. The van der Waals surface area contributed by atoms with Crippen LogP contribution in [0.2, 0.25) is 0 Å². The van der Waals surface area contributed by atoms with E-state index < -0.39 is 34.6 Å². The quantitative estimate of drug-likeness (QED) is 0.472. The van der Waals surface area contributed by atoms with Crippen LogP contribution in [0.4, 0.5) is 4.79 Å². The van der Waals surface area contributed by atoms with Crippen LogP contribution in [0.5, 0.6) is 0 Å². The Morgan fingerprint density at radius 1 is 1.41 bits per heavy atom. The molecule has 0 aliphatic rings. The van der Waals surface area contributed by atoms with Gasteiger partial charge in [-0.25, -0.2) is 9.52 Å². The molecule has 9 heteroatoms. The minimum absolute atomic E-state index is 0.193. The van der Waals surface area contributed by atoms with Crippen molar-refractivity contribution in [2.45, 2.75) is 39.0 Å². The van der Waals surface area contributed by atoms with Gasteiger partial charge in [-0.3, -0.25) is 0 Å². The summed E-state index contributed by atoms with van der Waals surface area (Å²) >= 11 is 0. The summed E-state index contributed by atoms with van der Waals surface area (Å²) in [5, 5.41) is 9.05. The standard InChI is InChI=1S/C8H19N3O5S/c1-5(2)16-8(13)11-17(14,15)10-4-7(9)6(3)12/h5-7,10,12H,4,9H2,1-3H3,(H,11,13). The Labute approximate surface area is 101 Å². The summed E-state index contributed by atoms with van der Waals surface area (Å²) in [6.07, 6.45) is -2.36. The van der Waals surface area contributed by atoms with Gasteiger partial charge in [0.25, 0.3) is 0 Å². The second kappa shape index (κ2) is 6.74. The predicted octanol–water partition coefficient (Wildman–Crippen LogP) is -1.34. The van der Waals surface area contributed by atoms with E-state index in [4.69, 9.17) is 10.8 Å². The molecule has 2 atom stereocenters. The second-order valence-electron chi connectivity index (χ2n) is 3.81. The molecule has 8 nitrogen and oxygen atoms in total. The third-order valence-electron chi connectivity index (χ3n) is 1.69. The van der Waals surface area contributed by atoms with Crippen LogP contribution in [0.15, 0.2) is 0 Å². The van der Waals surface area contributed by atoms with E-state index in [9.17, 15) is 13.2 Å². The lowest BCUT2D eigenvalue weighted by atomic mass is 10.2. The van der Waals surface area contributed by atoms with Gasteiger partial charge >= 0.3 is 16.3 Å². The topological polar surface area (TPSA) is 131 Å². The predicted molar refractivity (Wildman–Crippen MR) is 61.3 cm³/mol. The van der Waals surface area contributed by atoms with Crippen LogP contribution >= 0.6 is 0 Å². The molecule has 102 valence electrons. The lowest BCUT2D eigenvalue weighted by Gasteiger charge is -2.16. The first-order valence-electron chi connectivity index (χ1n) is 5.05. The van der Waals surface area contributed by atoms with Crippen molar-refractivity contribution in [2.75, 3.05) is 6.54 Å². The summed E-state index contributed by atoms with van der Waals surface area (Å²) in [7, 11) is -4.02. The fourth-order valence-corrected chi connectivity index (χ4v) is 1.51. The molecule has 0 fully saturated rings. The number of aliphatic hydroxyl groups is 1. The summed E-state index contributed by atoms with van der Waals surface area (Å²) < 4.78 is 30.8. The zero-order valence-corrected chi connectivity index (χ0v) is 10.8. The maximum Gasteiger partial charge on any atom is 0.422 e. The highest BCUT2D eigenvalue weighted by molar-refractivity contribution is 7.88. The summed E-state index contributed by atoms with van der Waals surface area (Å²) in [4.78, 5) is 11.0. The fourth-order valence-electron chi connectivity index (χ4n) is 0.760. The Balaban J connectivity index is 4.17. The van der Waals surface area contributed by atoms with Crippen molar-refractivity contribution in [1.82, 2.24) is 9.44 Å². The van der Waals surface area contributed by atoms with Gasteiger partial charge in [0.1, 0.15) is 0 Å². The number of amides is 1. The smallest absolute Gasteiger partial charge is 0.422 e. The zero-order valence-electron chi connectivity index (χ0n) is 10.0. The van der Waals surface area contributed by atoms with Crippen molar-refractivity contribution in [1.29, 1.82) is 0 Å². The Morgan fingerprint density at radius 2 is 1.94 bits per heavy atom. The fraction of sp³-hybridized carbons (Fsp3) is 0.875. The largest absolute Gasteiger partial charge is 0.446 e. The van der Waals surface area contributed by atoms with Crippen LogP contribution in [0.25, 0.3) is 0 Å². The number of carbonyl (C=O) groups excluding carboxylic acids is 1. The molecule has 0 saturated carbocycles. The molecule has 0 saturated heterocycles. The van der Waals surface area contributed by atoms with Gasteiger partial charge in [-0.1, -0.05) is 0 Å². The van der Waals surface area contributed by atoms with Crippen LogP contribution in [0.3, 0.4) is 0 Å².